The number of thiazole rings is 1. The number of nitrogens with one attached hydrogen (secondary N) is 1. The summed E-state index contributed by atoms with van der Waals surface area (Å²) in [6.07, 6.45) is 0. The van der Waals surface area contributed by atoms with Gasteiger partial charge in [-0.15, -0.1) is 0 Å². The first kappa shape index (κ1) is 17.9. The maximum Gasteiger partial charge on any atom is 0.321 e. The first-order chi connectivity index (χ1) is 14.2. The van der Waals surface area contributed by atoms with Gasteiger partial charge in [0.15, 0.2) is 16.6 Å². The number of amides is 2. The van der Waals surface area contributed by atoms with Gasteiger partial charge < -0.3 is 29.3 Å². The number of rotatable bonds is 3. The summed E-state index contributed by atoms with van der Waals surface area (Å²) >= 11 is 1.65. The molecule has 0 unspecified atom stereocenters. The average molecular weight is 412 g/mol. The lowest BCUT2D eigenvalue weighted by molar-refractivity contribution is 0.174. The number of carbonyl (C=O) groups is 1. The second kappa shape index (κ2) is 7.32. The number of methoxy groups -OCH3 is 1. The third-order valence-corrected chi connectivity index (χ3v) is 6.12. The SMILES string of the molecule is COc1ccc2nc(N3CCN(C(=O)Nc4ccc5c(c4)OCO5)CC3)sc2c1. The van der Waals surface area contributed by atoms with Gasteiger partial charge in [-0.2, -0.15) is 0 Å². The predicted molar refractivity (Wildman–Crippen MR) is 112 cm³/mol. The summed E-state index contributed by atoms with van der Waals surface area (Å²) in [5.41, 5.74) is 1.66. The van der Waals surface area contributed by atoms with Gasteiger partial charge in [-0.1, -0.05) is 11.3 Å². The zero-order chi connectivity index (χ0) is 19.8. The van der Waals surface area contributed by atoms with Crippen molar-refractivity contribution in [3.05, 3.63) is 36.4 Å². The Bertz CT molecular complexity index is 1060. The molecular weight excluding hydrogens is 392 g/mol. The number of anilines is 2. The number of carbonyl (C=O) groups excluding carboxylic acids is 1. The maximum absolute atomic E-state index is 12.6. The van der Waals surface area contributed by atoms with Gasteiger partial charge in [-0.05, 0) is 30.3 Å². The molecule has 0 saturated carbocycles. The third kappa shape index (κ3) is 3.49. The molecule has 0 spiro atoms. The second-order valence-electron chi connectivity index (χ2n) is 6.80. The van der Waals surface area contributed by atoms with Crippen LogP contribution in [0, 0.1) is 0 Å². The second-order valence-corrected chi connectivity index (χ2v) is 7.81. The summed E-state index contributed by atoms with van der Waals surface area (Å²) in [6.45, 7) is 2.97. The van der Waals surface area contributed by atoms with Crippen LogP contribution in [0.4, 0.5) is 15.6 Å². The van der Waals surface area contributed by atoms with Gasteiger partial charge >= 0.3 is 6.03 Å². The van der Waals surface area contributed by atoms with Crippen molar-refractivity contribution < 1.29 is 19.0 Å². The number of benzene rings is 2. The van der Waals surface area contributed by atoms with Gasteiger partial charge in [0, 0.05) is 37.9 Å². The lowest BCUT2D eigenvalue weighted by atomic mass is 10.3. The van der Waals surface area contributed by atoms with Crippen molar-refractivity contribution in [2.24, 2.45) is 0 Å². The molecular formula is C20H20N4O4S. The van der Waals surface area contributed by atoms with E-state index in [1.54, 1.807) is 30.6 Å². The molecule has 1 N–H and O–H groups in total. The molecule has 0 atom stereocenters. The monoisotopic (exact) mass is 412 g/mol. The van der Waals surface area contributed by atoms with Crippen molar-refractivity contribution in [2.45, 2.75) is 0 Å². The van der Waals surface area contributed by atoms with Crippen LogP contribution in [0.25, 0.3) is 10.2 Å². The minimum Gasteiger partial charge on any atom is -0.497 e. The molecule has 3 aromatic rings. The van der Waals surface area contributed by atoms with Gasteiger partial charge in [-0.3, -0.25) is 0 Å². The number of nitrogens with zero attached hydrogens (tertiary/aromatic N) is 3. The quantitative estimate of drug-likeness (QED) is 0.711. The molecule has 8 nitrogen and oxygen atoms in total. The molecule has 1 aromatic heterocycles. The van der Waals surface area contributed by atoms with Crippen LogP contribution in [0.2, 0.25) is 0 Å². The van der Waals surface area contributed by atoms with Crippen molar-refractivity contribution in [2.75, 3.05) is 50.3 Å². The maximum atomic E-state index is 12.6. The number of aromatic nitrogens is 1. The molecule has 1 fully saturated rings. The number of ether oxygens (including phenoxy) is 3. The van der Waals surface area contributed by atoms with Crippen LogP contribution in [0.1, 0.15) is 0 Å². The first-order valence-corrected chi connectivity index (χ1v) is 10.2. The zero-order valence-corrected chi connectivity index (χ0v) is 16.7. The topological polar surface area (TPSA) is 76.2 Å². The molecule has 5 rings (SSSR count). The van der Waals surface area contributed by atoms with Gasteiger partial charge in [0.1, 0.15) is 5.75 Å². The van der Waals surface area contributed by atoms with Gasteiger partial charge in [0.25, 0.3) is 0 Å². The van der Waals surface area contributed by atoms with Crippen molar-refractivity contribution in [3.8, 4) is 17.2 Å². The fourth-order valence-electron chi connectivity index (χ4n) is 3.43. The largest absolute Gasteiger partial charge is 0.497 e. The standard InChI is InChI=1S/C20H20N4O4S/c1-26-14-3-4-15-18(11-14)29-20(22-15)24-8-6-23(7-9-24)19(25)21-13-2-5-16-17(10-13)28-12-27-16/h2-5,10-11H,6-9,12H2,1H3,(H,21,25). The summed E-state index contributed by atoms with van der Waals surface area (Å²) in [5.74, 6) is 2.18. The third-order valence-electron chi connectivity index (χ3n) is 5.05. The summed E-state index contributed by atoms with van der Waals surface area (Å²) < 4.78 is 17.1. The molecule has 0 aliphatic carbocycles. The van der Waals surface area contributed by atoms with E-state index >= 15 is 0 Å². The fourth-order valence-corrected chi connectivity index (χ4v) is 4.48. The molecule has 3 heterocycles. The molecule has 2 aromatic carbocycles. The highest BCUT2D eigenvalue weighted by atomic mass is 32.1. The van der Waals surface area contributed by atoms with E-state index in [1.807, 2.05) is 29.2 Å². The average Bonchev–Trinajstić information content (AvgIpc) is 3.39. The van der Waals surface area contributed by atoms with E-state index in [9.17, 15) is 4.79 Å². The van der Waals surface area contributed by atoms with Crippen molar-refractivity contribution >= 4 is 38.4 Å². The number of fused-ring (bicyclic) bond motifs is 2. The van der Waals surface area contributed by atoms with Crippen LogP contribution in [0.5, 0.6) is 17.2 Å². The summed E-state index contributed by atoms with van der Waals surface area (Å²) in [5, 5.41) is 3.91. The van der Waals surface area contributed by atoms with E-state index in [-0.39, 0.29) is 12.8 Å². The number of hydrogen-bond donors (Lipinski definition) is 1. The van der Waals surface area contributed by atoms with Crippen molar-refractivity contribution in [1.29, 1.82) is 0 Å². The smallest absolute Gasteiger partial charge is 0.321 e. The van der Waals surface area contributed by atoms with E-state index in [0.29, 0.717) is 30.3 Å². The summed E-state index contributed by atoms with van der Waals surface area (Å²) in [6, 6.07) is 11.2. The van der Waals surface area contributed by atoms with Crippen LogP contribution in [-0.4, -0.2) is 56.0 Å². The fraction of sp³-hybridized carbons (Fsp3) is 0.300. The van der Waals surface area contributed by atoms with Crippen molar-refractivity contribution in [3.63, 3.8) is 0 Å². The molecule has 0 radical (unpaired) electrons. The first-order valence-electron chi connectivity index (χ1n) is 9.35. The Hall–Kier alpha value is -3.20. The normalized spacial score (nSPS) is 15.6. The highest BCUT2D eigenvalue weighted by Gasteiger charge is 2.24. The van der Waals surface area contributed by atoms with Crippen LogP contribution in [0.3, 0.4) is 0 Å². The van der Waals surface area contributed by atoms with E-state index in [2.05, 4.69) is 10.2 Å². The van der Waals surface area contributed by atoms with E-state index in [1.165, 1.54) is 0 Å². The van der Waals surface area contributed by atoms with Gasteiger partial charge in [0.05, 0.1) is 17.3 Å². The Morgan fingerprint density at radius 1 is 1.10 bits per heavy atom. The predicted octanol–water partition coefficient (Wildman–Crippen LogP) is 3.39. The van der Waals surface area contributed by atoms with E-state index < -0.39 is 0 Å². The lowest BCUT2D eigenvalue weighted by Gasteiger charge is -2.34. The Balaban J connectivity index is 1.21. The number of hydrogen-bond acceptors (Lipinski definition) is 7. The zero-order valence-electron chi connectivity index (χ0n) is 15.9. The Morgan fingerprint density at radius 3 is 2.76 bits per heavy atom. The van der Waals surface area contributed by atoms with Crippen LogP contribution < -0.4 is 24.4 Å². The van der Waals surface area contributed by atoms with Crippen molar-refractivity contribution in [1.82, 2.24) is 9.88 Å². The molecule has 150 valence electrons. The van der Waals surface area contributed by atoms with Crippen LogP contribution >= 0.6 is 11.3 Å². The van der Waals surface area contributed by atoms with Gasteiger partial charge in [-0.25, -0.2) is 9.78 Å². The Kier molecular flexibility index (Phi) is 4.51. The Labute approximate surface area is 171 Å². The molecule has 9 heteroatoms. The molecule has 1 saturated heterocycles. The molecule has 2 aliphatic heterocycles. The van der Waals surface area contributed by atoms with Crippen LogP contribution in [0.15, 0.2) is 36.4 Å². The van der Waals surface area contributed by atoms with Gasteiger partial charge in [0.2, 0.25) is 6.79 Å². The lowest BCUT2D eigenvalue weighted by Crippen LogP contribution is -2.50. The molecule has 2 aliphatic rings. The minimum absolute atomic E-state index is 0.113. The highest BCUT2D eigenvalue weighted by Crippen LogP contribution is 2.34. The molecule has 29 heavy (non-hydrogen) atoms. The van der Waals surface area contributed by atoms with E-state index in [0.717, 1.165) is 34.2 Å². The van der Waals surface area contributed by atoms with E-state index in [4.69, 9.17) is 19.2 Å². The van der Waals surface area contributed by atoms with Crippen LogP contribution in [-0.2, 0) is 0 Å². The Morgan fingerprint density at radius 2 is 1.93 bits per heavy atom. The summed E-state index contributed by atoms with van der Waals surface area (Å²) in [4.78, 5) is 21.4. The molecule has 2 amide bonds. The molecule has 0 bridgehead atoms. The summed E-state index contributed by atoms with van der Waals surface area (Å²) in [7, 11) is 1.66. The number of urea groups is 1. The minimum atomic E-state index is -0.113. The highest BCUT2D eigenvalue weighted by molar-refractivity contribution is 7.22. The number of piperazine rings is 1.